The Morgan fingerprint density at radius 2 is 1.48 bits per heavy atom. The summed E-state index contributed by atoms with van der Waals surface area (Å²) >= 11 is 1.06. The number of thioether (sulfide) groups is 1. The predicted molar refractivity (Wildman–Crippen MR) is 292 cm³/mol. The van der Waals surface area contributed by atoms with E-state index >= 15 is 0 Å². The molecule has 2 aromatic heterocycles. The number of fused-ring (bicyclic) bond motifs is 1. The van der Waals surface area contributed by atoms with Crippen LogP contribution in [-0.2, 0) is 60.2 Å². The second-order valence-corrected chi connectivity index (χ2v) is 26.0. The summed E-state index contributed by atoms with van der Waals surface area (Å²) in [5.41, 5.74) is 4.27. The minimum Gasteiger partial charge on any atom is -0.390 e. The van der Waals surface area contributed by atoms with E-state index in [1.54, 1.807) is 13.0 Å². The van der Waals surface area contributed by atoms with Gasteiger partial charge in [-0.3, -0.25) is 32.5 Å². The first-order chi connectivity index (χ1) is 37.7. The number of amides is 2. The Kier molecular flexibility index (Phi) is 29.8. The van der Waals surface area contributed by atoms with Crippen molar-refractivity contribution in [1.82, 2.24) is 30.2 Å². The number of nitrogens with two attached hydrogens (primary N) is 1. The summed E-state index contributed by atoms with van der Waals surface area (Å²) in [6, 6.07) is 0. The molecule has 2 aromatic rings. The molecule has 0 radical (unpaired) electrons. The highest BCUT2D eigenvalue weighted by molar-refractivity contribution is 8.14. The highest BCUT2D eigenvalue weighted by atomic mass is 32.2. The van der Waals surface area contributed by atoms with Gasteiger partial charge < -0.3 is 70.6 Å². The molecule has 2 fully saturated rings. The average molecular weight is 1220 g/mol. The Hall–Kier alpha value is -2.86. The van der Waals surface area contributed by atoms with Crippen LogP contribution in [0.5, 0.6) is 0 Å². The number of aliphatic hydroxyl groups is 4. The molecule has 4 heterocycles. The molecular weight excluding hydrogens is 1140 g/mol. The number of nitrogens with one attached hydrogen (secondary N) is 2. The quantitative estimate of drug-likeness (QED) is 0.0245. The van der Waals surface area contributed by atoms with Gasteiger partial charge in [0, 0.05) is 37.1 Å². The largest absolute Gasteiger partial charge is 0.481 e. The van der Waals surface area contributed by atoms with Crippen LogP contribution in [0.3, 0.4) is 0 Å². The van der Waals surface area contributed by atoms with Gasteiger partial charge in [-0.15, -0.1) is 0 Å². The molecule has 0 saturated carbocycles. The van der Waals surface area contributed by atoms with Gasteiger partial charge in [0.25, 0.3) is 0 Å². The van der Waals surface area contributed by atoms with Crippen LogP contribution < -0.4 is 16.4 Å². The van der Waals surface area contributed by atoms with Crippen molar-refractivity contribution >= 4 is 69.1 Å². The van der Waals surface area contributed by atoms with Gasteiger partial charge in [-0.1, -0.05) is 115 Å². The number of nitrogen functional groups attached to an aromatic ring is 1. The molecule has 4 rings (SSSR count). The first-order valence-electron chi connectivity index (χ1n) is 27.1. The smallest absolute Gasteiger partial charge is 0.390 e. The summed E-state index contributed by atoms with van der Waals surface area (Å²) in [6.45, 7) is 4.26. The van der Waals surface area contributed by atoms with Gasteiger partial charge in [0.2, 0.25) is 16.9 Å². The normalized spacial score (nSPS) is 24.1. The van der Waals surface area contributed by atoms with Crippen LogP contribution in [-0.4, -0.2) is 164 Å². The van der Waals surface area contributed by atoms with Crippen LogP contribution in [0.15, 0.2) is 24.8 Å². The molecule has 0 aliphatic carbocycles. The SMILES string of the molecule is C[C@H](CCCCCCCCCCCCCCCC/C=C/C(=O)SCCNC(=O)CCNC(=O)[C@H](O)C(C)(C)COP(=O)(O)OP(=O)(O)OC[C@H]1O[C@@H](n2cnc3c(N)ncnc32)[C@H](O)[C@@H]1OP(=O)(O)O)O[C@@H]1O[C@@H](C)[C@H](O)C[C@H]1O. The first kappa shape index (κ1) is 69.6. The van der Waals surface area contributed by atoms with E-state index in [1.165, 1.54) is 84.5 Å². The van der Waals surface area contributed by atoms with Crippen molar-refractivity contribution in [2.45, 2.75) is 205 Å². The lowest BCUT2D eigenvalue weighted by atomic mass is 9.87. The molecule has 12 atom stereocenters. The lowest BCUT2D eigenvalue weighted by molar-refractivity contribution is -0.273. The summed E-state index contributed by atoms with van der Waals surface area (Å²) in [6.07, 6.45) is 12.7. The maximum absolute atomic E-state index is 12.8. The number of imidazole rings is 1. The Balaban J connectivity index is 0.975. The van der Waals surface area contributed by atoms with Gasteiger partial charge in [0.15, 0.2) is 24.0 Å². The van der Waals surface area contributed by atoms with E-state index < -0.39 is 103 Å². The lowest BCUT2D eigenvalue weighted by Gasteiger charge is -2.36. The molecule has 2 saturated heterocycles. The van der Waals surface area contributed by atoms with Crippen molar-refractivity contribution < 1.29 is 100 Å². The van der Waals surface area contributed by atoms with Crippen LogP contribution in [0.4, 0.5) is 5.82 Å². The molecule has 0 bridgehead atoms. The van der Waals surface area contributed by atoms with Crippen LogP contribution >= 0.6 is 35.2 Å². The number of aliphatic hydroxyl groups excluding tert-OH is 4. The van der Waals surface area contributed by atoms with Gasteiger partial charge in [0.1, 0.15) is 42.4 Å². The molecule has 0 spiro atoms. The second kappa shape index (κ2) is 34.2. The number of phosphoric acid groups is 3. The predicted octanol–water partition coefficient (Wildman–Crippen LogP) is 4.72. The number of anilines is 1. The fourth-order valence-corrected chi connectivity index (χ4v) is 12.1. The summed E-state index contributed by atoms with van der Waals surface area (Å²) in [5, 5.41) is 46.4. The molecule has 2 aliphatic heterocycles. The number of rotatable bonds is 39. The number of carbonyl (C=O) groups is 3. The third kappa shape index (κ3) is 25.2. The van der Waals surface area contributed by atoms with Gasteiger partial charge in [0.05, 0.1) is 37.9 Å². The molecule has 2 unspecified atom stereocenters. The number of unbranched alkanes of at least 4 members (excludes halogenated alkanes) is 14. The maximum Gasteiger partial charge on any atom is 0.481 e. The number of aromatic nitrogens is 4. The molecule has 12 N–H and O–H groups in total. The molecule has 80 heavy (non-hydrogen) atoms. The summed E-state index contributed by atoms with van der Waals surface area (Å²) < 4.78 is 74.1. The third-order valence-corrected chi connectivity index (χ3v) is 17.2. The molecule has 28 nitrogen and oxygen atoms in total. The van der Waals surface area contributed by atoms with Crippen molar-refractivity contribution in [3.63, 3.8) is 0 Å². The Bertz CT molecular complexity index is 2410. The number of hydrogen-bond acceptors (Lipinski definition) is 22. The first-order valence-corrected chi connectivity index (χ1v) is 32.6. The highest BCUT2D eigenvalue weighted by Crippen LogP contribution is 2.61. The minimum atomic E-state index is -5.59. The fourth-order valence-electron chi connectivity index (χ4n) is 8.69. The van der Waals surface area contributed by atoms with E-state index in [2.05, 4.69) is 34.4 Å². The van der Waals surface area contributed by atoms with Crippen molar-refractivity contribution in [1.29, 1.82) is 0 Å². The Morgan fingerprint density at radius 1 is 0.863 bits per heavy atom. The van der Waals surface area contributed by atoms with E-state index in [9.17, 15) is 68.1 Å². The number of carbonyl (C=O) groups excluding carboxylic acids is 3. The summed E-state index contributed by atoms with van der Waals surface area (Å²) in [4.78, 5) is 88.6. The van der Waals surface area contributed by atoms with Crippen LogP contribution in [0.2, 0.25) is 0 Å². The number of ether oxygens (including phenoxy) is 3. The standard InChI is InChI=1S/C48H84N7O21P3S/c1-32(72-47-35(57)27-34(56)33(2)73-47)21-19-17-15-13-11-9-7-5-6-8-10-12-14-16-18-20-22-38(59)80-26-25-50-37(58)23-24-51-45(62)42(61)48(3,4)29-71-79(68,69)76-78(66,67)70-28-36-41(75-77(63,64)65)40(60)46(74-36)55-31-54-39-43(49)52-30-53-44(39)55/h20,22,30-36,40-42,46-47,56-57,60-61H,5-19,21,23-29H2,1-4H3,(H,50,58)(H,51,62)(H,66,67)(H,68,69)(H2,49,52,53)(H2,63,64,65)/b22-20+/t32-,33+,34-,35-,36-,40-,41-,42+,46-,47-/m1/s1. The van der Waals surface area contributed by atoms with E-state index in [-0.39, 0.29) is 60.2 Å². The maximum atomic E-state index is 12.8. The van der Waals surface area contributed by atoms with Crippen molar-refractivity contribution in [2.24, 2.45) is 5.41 Å². The topological polar surface area (TPSA) is 423 Å². The average Bonchev–Trinajstić information content (AvgIpc) is 3.94. The Morgan fingerprint density at radius 3 is 2.11 bits per heavy atom. The van der Waals surface area contributed by atoms with Crippen LogP contribution in [0.1, 0.15) is 149 Å². The van der Waals surface area contributed by atoms with Gasteiger partial charge in [-0.05, 0) is 39.2 Å². The van der Waals surface area contributed by atoms with Crippen molar-refractivity contribution in [3.05, 3.63) is 24.8 Å². The number of nitrogens with zero attached hydrogens (tertiary/aromatic N) is 4. The molecular formula is C48H84N7O21P3S. The summed E-state index contributed by atoms with van der Waals surface area (Å²) in [7, 11) is -16.4. The fraction of sp³-hybridized carbons (Fsp3) is 0.792. The monoisotopic (exact) mass is 1220 g/mol. The second-order valence-electron chi connectivity index (χ2n) is 20.7. The van der Waals surface area contributed by atoms with E-state index in [0.717, 1.165) is 61.1 Å². The van der Waals surface area contributed by atoms with Crippen LogP contribution in [0, 0.1) is 5.41 Å². The van der Waals surface area contributed by atoms with Crippen molar-refractivity contribution in [2.75, 3.05) is 37.8 Å². The van der Waals surface area contributed by atoms with Gasteiger partial charge >= 0.3 is 23.5 Å². The van der Waals surface area contributed by atoms with Crippen molar-refractivity contribution in [3.8, 4) is 0 Å². The Labute approximate surface area is 470 Å². The third-order valence-electron chi connectivity index (χ3n) is 13.3. The van der Waals surface area contributed by atoms with Gasteiger partial charge in [-0.25, -0.2) is 28.6 Å². The van der Waals surface area contributed by atoms with E-state index in [4.69, 9.17) is 29.0 Å². The zero-order valence-corrected chi connectivity index (χ0v) is 49.3. The molecule has 2 aliphatic rings. The molecule has 2 amide bonds. The van der Waals surface area contributed by atoms with Gasteiger partial charge in [-0.2, -0.15) is 4.31 Å². The van der Waals surface area contributed by atoms with E-state index in [1.807, 2.05) is 13.0 Å². The number of phosphoric ester groups is 3. The zero-order valence-electron chi connectivity index (χ0n) is 45.8. The minimum absolute atomic E-state index is 0.000281. The number of allylic oxidation sites excluding steroid dienone is 1. The lowest BCUT2D eigenvalue weighted by Crippen LogP contribution is -2.48. The number of hydrogen-bond donors (Lipinski definition) is 11. The summed E-state index contributed by atoms with van der Waals surface area (Å²) in [5.74, 6) is -1.14. The molecule has 458 valence electrons. The molecule has 32 heteroatoms. The highest BCUT2D eigenvalue weighted by Gasteiger charge is 2.50. The van der Waals surface area contributed by atoms with Crippen LogP contribution in [0.25, 0.3) is 11.2 Å². The van der Waals surface area contributed by atoms with E-state index in [0.29, 0.717) is 5.75 Å². The molecule has 0 aromatic carbocycles. The zero-order chi connectivity index (χ0) is 59.1.